The molecular formula is C22H22F5N6NiO2-. The number of pyridine rings is 1. The quantitative estimate of drug-likeness (QED) is 0.129. The van der Waals surface area contributed by atoms with Crippen LogP contribution in [0.5, 0.6) is 0 Å². The van der Waals surface area contributed by atoms with Crippen molar-refractivity contribution in [2.75, 3.05) is 0 Å². The van der Waals surface area contributed by atoms with Crippen LogP contribution in [-0.2, 0) is 40.8 Å². The molecule has 0 saturated heterocycles. The van der Waals surface area contributed by atoms with E-state index in [0.29, 0.717) is 6.07 Å². The van der Waals surface area contributed by atoms with Gasteiger partial charge in [0.15, 0.2) is 5.82 Å². The number of benzene rings is 1. The van der Waals surface area contributed by atoms with E-state index in [2.05, 4.69) is 15.3 Å². The number of halogens is 5. The standard InChI is InChI=1S/C22H22F5N6O2.Ni/c1-4-32(28)10-15-11-33(31-30-15)12-21(35,22(25,26)27)17-9-16(20(2,3)34)18(24)19(29-17)13-5-7-14(23)8-6-13;/h1,4-9,11,34-35H,10,12,28H2,2-3H3;/q-1;/t21-;/m0./s1. The number of hydrogen-bond donors (Lipinski definition) is 3. The third-order valence-corrected chi connectivity index (χ3v) is 5.14. The van der Waals surface area contributed by atoms with Crippen LogP contribution < -0.4 is 5.84 Å². The smallest absolute Gasteiger partial charge is 0.424 e. The van der Waals surface area contributed by atoms with Gasteiger partial charge in [0, 0.05) is 27.6 Å². The second-order valence-electron chi connectivity index (χ2n) is 8.37. The first kappa shape index (κ1) is 29.3. The molecule has 0 radical (unpaired) electrons. The van der Waals surface area contributed by atoms with Crippen molar-refractivity contribution >= 4 is 0 Å². The van der Waals surface area contributed by atoms with Gasteiger partial charge in [0.05, 0.1) is 30.6 Å². The second-order valence-corrected chi connectivity index (χ2v) is 8.37. The van der Waals surface area contributed by atoms with E-state index in [0.717, 1.165) is 60.2 Å². The third-order valence-electron chi connectivity index (χ3n) is 5.14. The van der Waals surface area contributed by atoms with E-state index in [1.807, 2.05) is 0 Å². The monoisotopic (exact) mass is 555 g/mol. The Morgan fingerprint density at radius 1 is 1.14 bits per heavy atom. The summed E-state index contributed by atoms with van der Waals surface area (Å²) in [4.78, 5) is 3.76. The first-order chi connectivity index (χ1) is 16.2. The Bertz CT molecular complexity index is 1210. The van der Waals surface area contributed by atoms with Gasteiger partial charge in [-0.1, -0.05) is 5.21 Å². The van der Waals surface area contributed by atoms with Gasteiger partial charge in [-0.3, -0.25) is 5.84 Å². The number of hydrogen-bond acceptors (Lipinski definition) is 7. The summed E-state index contributed by atoms with van der Waals surface area (Å²) >= 11 is 0. The Kier molecular flexibility index (Phi) is 8.62. The van der Waals surface area contributed by atoms with Gasteiger partial charge in [-0.2, -0.15) is 19.4 Å². The number of aliphatic hydroxyl groups is 2. The summed E-state index contributed by atoms with van der Waals surface area (Å²) in [6.07, 6.45) is -3.18. The molecule has 0 amide bonds. The molecule has 0 bridgehead atoms. The predicted octanol–water partition coefficient (Wildman–Crippen LogP) is 2.92. The van der Waals surface area contributed by atoms with Crippen molar-refractivity contribution in [3.63, 3.8) is 0 Å². The molecule has 3 aromatic rings. The molecule has 1 atom stereocenters. The van der Waals surface area contributed by atoms with Gasteiger partial charge in [0.2, 0.25) is 5.60 Å². The fraction of sp³-hybridized carbons (Fsp3) is 0.318. The van der Waals surface area contributed by atoms with Crippen molar-refractivity contribution in [2.45, 2.75) is 44.3 Å². The number of rotatable bonds is 8. The number of hydrazine groups is 1. The molecule has 0 spiro atoms. The van der Waals surface area contributed by atoms with Crippen molar-refractivity contribution < 1.29 is 48.7 Å². The molecule has 1 aromatic carbocycles. The summed E-state index contributed by atoms with van der Waals surface area (Å²) in [5.41, 5.74) is -7.72. The van der Waals surface area contributed by atoms with Gasteiger partial charge in [0.25, 0.3) is 0 Å². The van der Waals surface area contributed by atoms with E-state index >= 15 is 4.39 Å². The van der Waals surface area contributed by atoms with Crippen molar-refractivity contribution in [1.82, 2.24) is 25.0 Å². The molecule has 0 fully saturated rings. The predicted molar refractivity (Wildman–Crippen MR) is 113 cm³/mol. The van der Waals surface area contributed by atoms with Crippen LogP contribution in [0, 0.1) is 18.2 Å². The van der Waals surface area contributed by atoms with Crippen LogP contribution in [0.2, 0.25) is 0 Å². The van der Waals surface area contributed by atoms with Gasteiger partial charge in [-0.15, -0.1) is 5.10 Å². The van der Waals surface area contributed by atoms with Crippen molar-refractivity contribution in [2.24, 2.45) is 5.84 Å². The summed E-state index contributed by atoms with van der Waals surface area (Å²) in [5.74, 6) is 3.72. The molecule has 2 heterocycles. The van der Waals surface area contributed by atoms with Crippen LogP contribution in [0.25, 0.3) is 11.3 Å². The summed E-state index contributed by atoms with van der Waals surface area (Å²) in [6.45, 7) is 6.29. The van der Waals surface area contributed by atoms with Crippen molar-refractivity contribution in [1.29, 1.82) is 0 Å². The van der Waals surface area contributed by atoms with E-state index < -0.39 is 52.5 Å². The molecule has 36 heavy (non-hydrogen) atoms. The third kappa shape index (κ3) is 6.06. The Hall–Kier alpha value is -2.93. The van der Waals surface area contributed by atoms with E-state index in [1.54, 1.807) is 0 Å². The molecule has 14 heteroatoms. The molecule has 8 nitrogen and oxygen atoms in total. The van der Waals surface area contributed by atoms with Crippen LogP contribution >= 0.6 is 0 Å². The SMILES string of the molecule is [CH-]=CN(N)Cc1cn(C[C@](O)(c2cc(C(C)(C)O)c(F)c(-c3ccc(F)cc3)n2)C(F)(F)F)nn1.[Ni]. The molecule has 0 aliphatic rings. The van der Waals surface area contributed by atoms with E-state index in [4.69, 9.17) is 12.4 Å². The summed E-state index contributed by atoms with van der Waals surface area (Å²) in [5, 5.41) is 29.6. The maximum Gasteiger partial charge on any atom is 0.424 e. The molecular weight excluding hydrogens is 534 g/mol. The zero-order valence-electron chi connectivity index (χ0n) is 18.9. The fourth-order valence-electron chi connectivity index (χ4n) is 3.26. The minimum atomic E-state index is -5.31. The molecule has 198 valence electrons. The molecule has 0 aliphatic heterocycles. The number of nitrogens with two attached hydrogens (primary N) is 1. The van der Waals surface area contributed by atoms with Crippen LogP contribution in [0.3, 0.4) is 0 Å². The minimum Gasteiger partial charge on any atom is -0.495 e. The van der Waals surface area contributed by atoms with E-state index in [9.17, 15) is 27.8 Å². The summed E-state index contributed by atoms with van der Waals surface area (Å²) < 4.78 is 72.1. The molecule has 0 aliphatic carbocycles. The first-order valence-electron chi connectivity index (χ1n) is 10.1. The minimum absolute atomic E-state index is 0. The Morgan fingerprint density at radius 3 is 2.28 bits per heavy atom. The molecule has 2 aromatic heterocycles. The van der Waals surface area contributed by atoms with Crippen LogP contribution in [0.1, 0.15) is 30.8 Å². The molecule has 0 unspecified atom stereocenters. The molecule has 0 saturated carbocycles. The Balaban J connectivity index is 0.00000456. The van der Waals surface area contributed by atoms with Crippen LogP contribution in [0.15, 0.2) is 42.7 Å². The first-order valence-corrected chi connectivity index (χ1v) is 10.1. The van der Waals surface area contributed by atoms with Crippen molar-refractivity contribution in [3.8, 4) is 11.3 Å². The van der Waals surface area contributed by atoms with Crippen LogP contribution in [-0.4, -0.2) is 41.4 Å². The number of nitrogens with zero attached hydrogens (tertiary/aromatic N) is 5. The fourth-order valence-corrected chi connectivity index (χ4v) is 3.26. The summed E-state index contributed by atoms with van der Waals surface area (Å²) in [6, 6.07) is 4.81. The van der Waals surface area contributed by atoms with Gasteiger partial charge in [-0.25, -0.2) is 18.4 Å². The summed E-state index contributed by atoms with van der Waals surface area (Å²) in [7, 11) is 0. The Morgan fingerprint density at radius 2 is 1.75 bits per heavy atom. The topological polar surface area (TPSA) is 113 Å². The average molecular weight is 556 g/mol. The van der Waals surface area contributed by atoms with Gasteiger partial charge < -0.3 is 21.8 Å². The molecule has 3 rings (SSSR count). The normalized spacial score (nSPS) is 13.6. The number of aromatic nitrogens is 4. The van der Waals surface area contributed by atoms with Crippen LogP contribution in [0.4, 0.5) is 22.0 Å². The second kappa shape index (κ2) is 10.6. The van der Waals surface area contributed by atoms with Gasteiger partial charge in [0.1, 0.15) is 17.2 Å². The van der Waals surface area contributed by atoms with Gasteiger partial charge >= 0.3 is 6.18 Å². The van der Waals surface area contributed by atoms with E-state index in [-0.39, 0.29) is 34.3 Å². The van der Waals surface area contributed by atoms with Gasteiger partial charge in [-0.05, 0) is 44.2 Å². The van der Waals surface area contributed by atoms with E-state index in [1.165, 1.54) is 0 Å². The maximum atomic E-state index is 15.3. The number of alkyl halides is 3. The maximum absolute atomic E-state index is 15.3. The zero-order chi connectivity index (χ0) is 26.2. The molecule has 4 N–H and O–H groups in total. The van der Waals surface area contributed by atoms with Crippen molar-refractivity contribution in [3.05, 3.63) is 77.9 Å². The Labute approximate surface area is 213 Å². The zero-order valence-corrected chi connectivity index (χ0v) is 19.9. The average Bonchev–Trinajstić information content (AvgIpc) is 3.19. The largest absolute Gasteiger partial charge is 0.495 e.